The zero-order chi connectivity index (χ0) is 18.5. The van der Waals surface area contributed by atoms with Crippen molar-refractivity contribution in [1.82, 2.24) is 19.8 Å². The Labute approximate surface area is 153 Å². The quantitative estimate of drug-likeness (QED) is 0.702. The number of carbonyl (C=O) groups is 1. The Hall–Kier alpha value is -2.76. The lowest BCUT2D eigenvalue weighted by atomic mass is 10.1. The molecule has 0 saturated heterocycles. The minimum absolute atomic E-state index is 0.0695. The Morgan fingerprint density at radius 3 is 2.85 bits per heavy atom. The summed E-state index contributed by atoms with van der Waals surface area (Å²) in [5, 5.41) is 3.04. The Morgan fingerprint density at radius 2 is 2.12 bits per heavy atom. The summed E-state index contributed by atoms with van der Waals surface area (Å²) in [5.41, 5.74) is 2.07. The third-order valence-corrected chi connectivity index (χ3v) is 4.55. The number of carbonyl (C=O) groups excluding carboxylic acids is 1. The fraction of sp³-hybridized carbons (Fsp3) is 0.400. The first kappa shape index (κ1) is 18.0. The molecule has 1 aromatic carbocycles. The molecular formula is C20H26N4O2. The van der Waals surface area contributed by atoms with Crippen LogP contribution in [0.5, 0.6) is 0 Å². The number of hydrogen-bond donors (Lipinski definition) is 1. The second kappa shape index (κ2) is 8.08. The van der Waals surface area contributed by atoms with Crippen molar-refractivity contribution >= 4 is 17.1 Å². The van der Waals surface area contributed by atoms with E-state index in [1.54, 1.807) is 18.2 Å². The maximum Gasteiger partial charge on any atom is 0.317 e. The number of urea groups is 1. The van der Waals surface area contributed by atoms with Crippen LogP contribution in [0.1, 0.15) is 31.9 Å². The highest BCUT2D eigenvalue weighted by Gasteiger charge is 2.16. The van der Waals surface area contributed by atoms with Gasteiger partial charge in [-0.2, -0.15) is 0 Å². The normalized spacial score (nSPS) is 12.3. The van der Waals surface area contributed by atoms with E-state index in [4.69, 9.17) is 4.42 Å². The summed E-state index contributed by atoms with van der Waals surface area (Å²) in [7, 11) is 1.80. The molecule has 0 radical (unpaired) electrons. The van der Waals surface area contributed by atoms with Gasteiger partial charge in [0.15, 0.2) is 0 Å². The maximum absolute atomic E-state index is 12.5. The molecule has 1 atom stereocenters. The third-order valence-electron chi connectivity index (χ3n) is 4.55. The zero-order valence-corrected chi connectivity index (χ0v) is 15.6. The highest BCUT2D eigenvalue weighted by Crippen LogP contribution is 2.17. The Balaban J connectivity index is 1.58. The van der Waals surface area contributed by atoms with Crippen LogP contribution in [-0.4, -0.2) is 33.6 Å². The van der Waals surface area contributed by atoms with E-state index < -0.39 is 0 Å². The van der Waals surface area contributed by atoms with Crippen molar-refractivity contribution in [1.29, 1.82) is 0 Å². The van der Waals surface area contributed by atoms with Crippen LogP contribution in [0, 0.1) is 0 Å². The maximum atomic E-state index is 12.5. The smallest absolute Gasteiger partial charge is 0.317 e. The molecule has 6 nitrogen and oxygen atoms in total. The molecule has 1 N–H and O–H groups in total. The topological polar surface area (TPSA) is 63.3 Å². The first-order valence-electron chi connectivity index (χ1n) is 9.06. The summed E-state index contributed by atoms with van der Waals surface area (Å²) in [6.45, 7) is 5.40. The molecule has 0 bridgehead atoms. The molecule has 3 rings (SSSR count). The van der Waals surface area contributed by atoms with Gasteiger partial charge in [0, 0.05) is 26.1 Å². The number of fused-ring (bicyclic) bond motifs is 1. The number of amides is 2. The highest BCUT2D eigenvalue weighted by atomic mass is 16.3. The lowest BCUT2D eigenvalue weighted by Crippen LogP contribution is -2.42. The van der Waals surface area contributed by atoms with E-state index in [9.17, 15) is 4.79 Å². The molecule has 0 fully saturated rings. The van der Waals surface area contributed by atoms with Crippen molar-refractivity contribution in [3.63, 3.8) is 0 Å². The van der Waals surface area contributed by atoms with Crippen LogP contribution < -0.4 is 5.32 Å². The second-order valence-electron chi connectivity index (χ2n) is 6.59. The van der Waals surface area contributed by atoms with Gasteiger partial charge >= 0.3 is 6.03 Å². The van der Waals surface area contributed by atoms with Crippen LogP contribution in [-0.2, 0) is 19.5 Å². The van der Waals surface area contributed by atoms with Gasteiger partial charge in [0.25, 0.3) is 0 Å². The van der Waals surface area contributed by atoms with Crippen molar-refractivity contribution < 1.29 is 9.21 Å². The summed E-state index contributed by atoms with van der Waals surface area (Å²) in [5.74, 6) is 1.84. The van der Waals surface area contributed by atoms with E-state index in [1.165, 1.54) is 0 Å². The molecule has 0 saturated carbocycles. The second-order valence-corrected chi connectivity index (χ2v) is 6.59. The Morgan fingerprint density at radius 1 is 1.31 bits per heavy atom. The molecule has 0 aliphatic rings. The molecule has 3 aromatic rings. The lowest BCUT2D eigenvalue weighted by molar-refractivity contribution is 0.201. The Kier molecular flexibility index (Phi) is 5.61. The largest absolute Gasteiger partial charge is 0.469 e. The van der Waals surface area contributed by atoms with E-state index in [1.807, 2.05) is 37.3 Å². The van der Waals surface area contributed by atoms with Crippen molar-refractivity contribution in [3.05, 3.63) is 54.2 Å². The first-order valence-corrected chi connectivity index (χ1v) is 9.06. The number of aromatic nitrogens is 2. The fourth-order valence-corrected chi connectivity index (χ4v) is 3.09. The summed E-state index contributed by atoms with van der Waals surface area (Å²) >= 11 is 0. The van der Waals surface area contributed by atoms with E-state index >= 15 is 0 Å². The zero-order valence-electron chi connectivity index (χ0n) is 15.6. The SMILES string of the molecule is CCn1c(CN(C)C(=O)NC(C)CCc2ccco2)nc2ccccc21. The van der Waals surface area contributed by atoms with Gasteiger partial charge in [0.2, 0.25) is 0 Å². The van der Waals surface area contributed by atoms with Crippen LogP contribution in [0.25, 0.3) is 11.0 Å². The lowest BCUT2D eigenvalue weighted by Gasteiger charge is -2.21. The summed E-state index contributed by atoms with van der Waals surface area (Å²) < 4.78 is 7.49. The summed E-state index contributed by atoms with van der Waals surface area (Å²) in [4.78, 5) is 18.8. The molecule has 2 heterocycles. The minimum Gasteiger partial charge on any atom is -0.469 e. The van der Waals surface area contributed by atoms with Gasteiger partial charge in [-0.15, -0.1) is 0 Å². The monoisotopic (exact) mass is 354 g/mol. The van der Waals surface area contributed by atoms with Crippen molar-refractivity contribution in [2.45, 2.75) is 45.8 Å². The van der Waals surface area contributed by atoms with Crippen molar-refractivity contribution in [2.75, 3.05) is 7.05 Å². The highest BCUT2D eigenvalue weighted by molar-refractivity contribution is 5.76. The van der Waals surface area contributed by atoms with Crippen molar-refractivity contribution in [2.24, 2.45) is 0 Å². The van der Waals surface area contributed by atoms with E-state index in [0.717, 1.165) is 42.0 Å². The molecule has 6 heteroatoms. The number of imidazole rings is 1. The molecule has 2 amide bonds. The number of rotatable bonds is 7. The number of aryl methyl sites for hydroxylation is 2. The van der Waals surface area contributed by atoms with Crippen LogP contribution in [0.15, 0.2) is 47.1 Å². The molecule has 0 spiro atoms. The number of furan rings is 1. The average molecular weight is 354 g/mol. The molecule has 2 aromatic heterocycles. The number of benzene rings is 1. The molecular weight excluding hydrogens is 328 g/mol. The molecule has 26 heavy (non-hydrogen) atoms. The number of nitrogens with one attached hydrogen (secondary N) is 1. The van der Waals surface area contributed by atoms with Crippen LogP contribution >= 0.6 is 0 Å². The van der Waals surface area contributed by atoms with Crippen LogP contribution in [0.2, 0.25) is 0 Å². The van der Waals surface area contributed by atoms with E-state index in [2.05, 4.69) is 27.9 Å². The molecule has 0 aliphatic carbocycles. The van der Waals surface area contributed by atoms with Gasteiger partial charge < -0.3 is 19.2 Å². The van der Waals surface area contributed by atoms with Crippen molar-refractivity contribution in [3.8, 4) is 0 Å². The van der Waals surface area contributed by atoms with Gasteiger partial charge in [0.05, 0.1) is 23.8 Å². The van der Waals surface area contributed by atoms with E-state index in [-0.39, 0.29) is 12.1 Å². The van der Waals surface area contributed by atoms with Gasteiger partial charge in [-0.25, -0.2) is 9.78 Å². The minimum atomic E-state index is -0.0911. The van der Waals surface area contributed by atoms with Gasteiger partial charge in [-0.3, -0.25) is 0 Å². The van der Waals surface area contributed by atoms with Gasteiger partial charge in [-0.1, -0.05) is 12.1 Å². The fourth-order valence-electron chi connectivity index (χ4n) is 3.09. The molecule has 1 unspecified atom stereocenters. The molecule has 0 aliphatic heterocycles. The molecule has 138 valence electrons. The Bertz CT molecular complexity index is 854. The standard InChI is InChI=1S/C20H26N4O2/c1-4-24-18-10-6-5-9-17(18)22-19(24)14-23(3)20(25)21-15(2)11-12-16-8-7-13-26-16/h5-10,13,15H,4,11-12,14H2,1-3H3,(H,21,25). The number of hydrogen-bond acceptors (Lipinski definition) is 3. The predicted molar refractivity (Wildman–Crippen MR) is 102 cm³/mol. The first-order chi connectivity index (χ1) is 12.6. The summed E-state index contributed by atoms with van der Waals surface area (Å²) in [6.07, 6.45) is 3.32. The van der Waals surface area contributed by atoms with Crippen LogP contribution in [0.4, 0.5) is 4.79 Å². The van der Waals surface area contributed by atoms with Crippen LogP contribution in [0.3, 0.4) is 0 Å². The number of nitrogens with zero attached hydrogens (tertiary/aromatic N) is 3. The van der Waals surface area contributed by atoms with E-state index in [0.29, 0.717) is 6.54 Å². The average Bonchev–Trinajstić information content (AvgIpc) is 3.26. The summed E-state index contributed by atoms with van der Waals surface area (Å²) in [6, 6.07) is 11.9. The number of para-hydroxylation sites is 2. The van der Waals surface area contributed by atoms with Gasteiger partial charge in [0.1, 0.15) is 11.6 Å². The predicted octanol–water partition coefficient (Wildman–Crippen LogP) is 3.81. The van der Waals surface area contributed by atoms with Gasteiger partial charge in [-0.05, 0) is 44.5 Å². The third kappa shape index (κ3) is 4.07.